The first-order valence-electron chi connectivity index (χ1n) is 6.99. The van der Waals surface area contributed by atoms with Crippen LogP contribution in [-0.4, -0.2) is 21.1 Å². The SMILES string of the molecule is C=CCNc1nc(C)cn1Cc1cccc2cccnc12. The van der Waals surface area contributed by atoms with Crippen LogP contribution < -0.4 is 5.32 Å². The van der Waals surface area contributed by atoms with Crippen molar-refractivity contribution in [2.45, 2.75) is 13.5 Å². The van der Waals surface area contributed by atoms with E-state index in [2.05, 4.69) is 50.7 Å². The minimum atomic E-state index is 0.699. The highest BCUT2D eigenvalue weighted by Gasteiger charge is 2.08. The van der Waals surface area contributed by atoms with Crippen LogP contribution in [0.5, 0.6) is 0 Å². The van der Waals surface area contributed by atoms with Gasteiger partial charge in [-0.05, 0) is 18.6 Å². The number of aromatic nitrogens is 3. The zero-order chi connectivity index (χ0) is 14.7. The van der Waals surface area contributed by atoms with Gasteiger partial charge in [0.05, 0.1) is 17.8 Å². The fourth-order valence-electron chi connectivity index (χ4n) is 2.45. The molecule has 0 fully saturated rings. The summed E-state index contributed by atoms with van der Waals surface area (Å²) in [6, 6.07) is 10.3. The molecule has 4 nitrogen and oxygen atoms in total. The summed E-state index contributed by atoms with van der Waals surface area (Å²) in [5.41, 5.74) is 3.22. The molecule has 0 spiro atoms. The Morgan fingerprint density at radius 1 is 1.29 bits per heavy atom. The maximum absolute atomic E-state index is 4.51. The van der Waals surface area contributed by atoms with Crippen molar-refractivity contribution in [2.75, 3.05) is 11.9 Å². The number of anilines is 1. The second-order valence-electron chi connectivity index (χ2n) is 5.00. The van der Waals surface area contributed by atoms with Crippen LogP contribution in [-0.2, 0) is 6.54 Å². The van der Waals surface area contributed by atoms with Crippen molar-refractivity contribution in [3.8, 4) is 0 Å². The topological polar surface area (TPSA) is 42.7 Å². The highest BCUT2D eigenvalue weighted by atomic mass is 15.2. The van der Waals surface area contributed by atoms with E-state index in [1.54, 1.807) is 0 Å². The van der Waals surface area contributed by atoms with Gasteiger partial charge in [-0.25, -0.2) is 4.98 Å². The first-order chi connectivity index (χ1) is 10.3. The van der Waals surface area contributed by atoms with Crippen molar-refractivity contribution in [3.63, 3.8) is 0 Å². The van der Waals surface area contributed by atoms with Crippen molar-refractivity contribution in [1.29, 1.82) is 0 Å². The van der Waals surface area contributed by atoms with E-state index in [1.807, 2.05) is 31.5 Å². The molecular weight excluding hydrogens is 260 g/mol. The molecule has 0 bridgehead atoms. The summed E-state index contributed by atoms with van der Waals surface area (Å²) < 4.78 is 2.11. The van der Waals surface area contributed by atoms with Gasteiger partial charge in [-0.3, -0.25) is 4.98 Å². The quantitative estimate of drug-likeness (QED) is 0.727. The van der Waals surface area contributed by atoms with Crippen LogP contribution in [0.3, 0.4) is 0 Å². The minimum Gasteiger partial charge on any atom is -0.352 e. The number of nitrogens with one attached hydrogen (secondary N) is 1. The van der Waals surface area contributed by atoms with Crippen molar-refractivity contribution >= 4 is 16.9 Å². The maximum atomic E-state index is 4.51. The molecule has 3 aromatic rings. The number of aryl methyl sites for hydroxylation is 1. The standard InChI is InChI=1S/C17H18N4/c1-3-9-19-17-20-13(2)11-21(17)12-15-7-4-6-14-8-5-10-18-16(14)15/h3-8,10-11H,1,9,12H2,2H3,(H,19,20). The molecule has 21 heavy (non-hydrogen) atoms. The third kappa shape index (κ3) is 2.79. The van der Waals surface area contributed by atoms with Crippen molar-refractivity contribution < 1.29 is 0 Å². The molecule has 3 rings (SSSR count). The van der Waals surface area contributed by atoms with Gasteiger partial charge in [-0.1, -0.05) is 30.3 Å². The number of hydrogen-bond acceptors (Lipinski definition) is 3. The van der Waals surface area contributed by atoms with Crippen molar-refractivity contribution in [2.24, 2.45) is 0 Å². The van der Waals surface area contributed by atoms with Gasteiger partial charge in [0.15, 0.2) is 0 Å². The number of rotatable bonds is 5. The summed E-state index contributed by atoms with van der Waals surface area (Å²) in [7, 11) is 0. The Kier molecular flexibility index (Phi) is 3.69. The fourth-order valence-corrected chi connectivity index (χ4v) is 2.45. The van der Waals surface area contributed by atoms with Crippen LogP contribution in [0.4, 0.5) is 5.95 Å². The van der Waals surface area contributed by atoms with Gasteiger partial charge in [-0.2, -0.15) is 0 Å². The molecule has 0 aliphatic heterocycles. The number of para-hydroxylation sites is 1. The van der Waals surface area contributed by atoms with E-state index in [0.717, 1.165) is 29.1 Å². The molecule has 1 N–H and O–H groups in total. The number of benzene rings is 1. The molecule has 1 aromatic carbocycles. The van der Waals surface area contributed by atoms with Gasteiger partial charge in [0.25, 0.3) is 0 Å². The van der Waals surface area contributed by atoms with Gasteiger partial charge in [0, 0.05) is 24.3 Å². The van der Waals surface area contributed by atoms with E-state index in [1.165, 1.54) is 5.56 Å². The summed E-state index contributed by atoms with van der Waals surface area (Å²) in [5.74, 6) is 0.861. The lowest BCUT2D eigenvalue weighted by molar-refractivity contribution is 0.805. The molecule has 0 atom stereocenters. The highest BCUT2D eigenvalue weighted by Crippen LogP contribution is 2.19. The Morgan fingerprint density at radius 3 is 3.00 bits per heavy atom. The third-order valence-corrected chi connectivity index (χ3v) is 3.36. The van der Waals surface area contributed by atoms with Crippen LogP contribution in [0.1, 0.15) is 11.3 Å². The second-order valence-corrected chi connectivity index (χ2v) is 5.00. The van der Waals surface area contributed by atoms with Crippen LogP contribution in [0.2, 0.25) is 0 Å². The van der Waals surface area contributed by atoms with E-state index in [0.29, 0.717) is 6.54 Å². The van der Waals surface area contributed by atoms with Crippen LogP contribution in [0, 0.1) is 6.92 Å². The molecule has 0 saturated carbocycles. The number of fused-ring (bicyclic) bond motifs is 1. The average Bonchev–Trinajstić information content (AvgIpc) is 2.85. The van der Waals surface area contributed by atoms with Gasteiger partial charge in [0.1, 0.15) is 0 Å². The van der Waals surface area contributed by atoms with Crippen molar-refractivity contribution in [1.82, 2.24) is 14.5 Å². The molecule has 0 radical (unpaired) electrons. The van der Waals surface area contributed by atoms with E-state index in [-0.39, 0.29) is 0 Å². The van der Waals surface area contributed by atoms with E-state index < -0.39 is 0 Å². The molecule has 2 aromatic heterocycles. The number of hydrogen-bond donors (Lipinski definition) is 1. The van der Waals surface area contributed by atoms with Crippen LogP contribution >= 0.6 is 0 Å². The third-order valence-electron chi connectivity index (χ3n) is 3.36. The first-order valence-corrected chi connectivity index (χ1v) is 6.99. The Balaban J connectivity index is 1.97. The van der Waals surface area contributed by atoms with Gasteiger partial charge in [-0.15, -0.1) is 6.58 Å². The molecule has 106 valence electrons. The predicted molar refractivity (Wildman–Crippen MR) is 86.5 cm³/mol. The molecule has 0 aliphatic rings. The summed E-state index contributed by atoms with van der Waals surface area (Å²) >= 11 is 0. The minimum absolute atomic E-state index is 0.699. The Labute approximate surface area is 124 Å². The molecule has 0 unspecified atom stereocenters. The number of imidazole rings is 1. The first kappa shape index (κ1) is 13.4. The predicted octanol–water partition coefficient (Wildman–Crippen LogP) is 3.39. The summed E-state index contributed by atoms with van der Waals surface area (Å²) in [6.45, 7) is 7.17. The number of nitrogens with zero attached hydrogens (tertiary/aromatic N) is 3. The summed E-state index contributed by atoms with van der Waals surface area (Å²) in [6.07, 6.45) is 5.71. The van der Waals surface area contributed by atoms with E-state index in [9.17, 15) is 0 Å². The van der Waals surface area contributed by atoms with E-state index >= 15 is 0 Å². The summed E-state index contributed by atoms with van der Waals surface area (Å²) in [5, 5.41) is 4.43. The monoisotopic (exact) mass is 278 g/mol. The smallest absolute Gasteiger partial charge is 0.203 e. The van der Waals surface area contributed by atoms with Gasteiger partial charge < -0.3 is 9.88 Å². The average molecular weight is 278 g/mol. The highest BCUT2D eigenvalue weighted by molar-refractivity contribution is 5.81. The maximum Gasteiger partial charge on any atom is 0.203 e. The fraction of sp³-hybridized carbons (Fsp3) is 0.176. The van der Waals surface area contributed by atoms with E-state index in [4.69, 9.17) is 0 Å². The Hall–Kier alpha value is -2.62. The lowest BCUT2D eigenvalue weighted by Crippen LogP contribution is -2.08. The number of pyridine rings is 1. The van der Waals surface area contributed by atoms with Crippen LogP contribution in [0.15, 0.2) is 55.4 Å². The molecular formula is C17H18N4. The molecule has 4 heteroatoms. The molecule has 0 saturated heterocycles. The normalized spacial score (nSPS) is 10.7. The lowest BCUT2D eigenvalue weighted by atomic mass is 10.1. The second kappa shape index (κ2) is 5.79. The molecule has 0 amide bonds. The molecule has 2 heterocycles. The zero-order valence-electron chi connectivity index (χ0n) is 12.1. The summed E-state index contributed by atoms with van der Waals surface area (Å²) in [4.78, 5) is 9.01. The molecule has 0 aliphatic carbocycles. The Morgan fingerprint density at radius 2 is 2.14 bits per heavy atom. The van der Waals surface area contributed by atoms with Gasteiger partial charge >= 0.3 is 0 Å². The van der Waals surface area contributed by atoms with Crippen LogP contribution in [0.25, 0.3) is 10.9 Å². The zero-order valence-corrected chi connectivity index (χ0v) is 12.1. The Bertz CT molecular complexity index is 768. The van der Waals surface area contributed by atoms with Crippen molar-refractivity contribution in [3.05, 3.63) is 66.6 Å². The van der Waals surface area contributed by atoms with Gasteiger partial charge in [0.2, 0.25) is 5.95 Å². The lowest BCUT2D eigenvalue weighted by Gasteiger charge is -2.10. The largest absolute Gasteiger partial charge is 0.352 e.